The molecule has 31 heavy (non-hydrogen) atoms. The molecule has 1 N–H and O–H groups in total. The van der Waals surface area contributed by atoms with Crippen LogP contribution in [0.5, 0.6) is 0 Å². The van der Waals surface area contributed by atoms with Crippen LogP contribution in [0.3, 0.4) is 0 Å². The topological polar surface area (TPSA) is 80.2 Å². The van der Waals surface area contributed by atoms with Crippen LogP contribution in [-0.4, -0.2) is 36.3 Å². The van der Waals surface area contributed by atoms with E-state index in [4.69, 9.17) is 9.47 Å². The third kappa shape index (κ3) is 5.92. The highest BCUT2D eigenvalue weighted by Crippen LogP contribution is 2.25. The van der Waals surface area contributed by atoms with Gasteiger partial charge in [-0.3, -0.25) is 9.80 Å². The molecule has 0 aromatic heterocycles. The van der Waals surface area contributed by atoms with Gasteiger partial charge in [-0.05, 0) is 44.0 Å². The average molecular weight is 424 g/mol. The molecule has 0 spiro atoms. The minimum Gasteiger partial charge on any atom is -0.461 e. The van der Waals surface area contributed by atoms with E-state index in [0.717, 1.165) is 16.8 Å². The van der Waals surface area contributed by atoms with E-state index in [1.165, 1.54) is 0 Å². The van der Waals surface area contributed by atoms with E-state index in [0.29, 0.717) is 13.2 Å². The number of anilines is 1. The second-order valence-corrected chi connectivity index (χ2v) is 7.51. The maximum atomic E-state index is 13.1. The summed E-state index contributed by atoms with van der Waals surface area (Å²) >= 11 is 0. The van der Waals surface area contributed by atoms with Crippen LogP contribution in [0.15, 0.2) is 59.7 Å². The van der Waals surface area contributed by atoms with Crippen LogP contribution in [0.4, 0.5) is 5.69 Å². The van der Waals surface area contributed by atoms with Crippen molar-refractivity contribution in [1.82, 2.24) is 5.32 Å². The first-order valence-corrected chi connectivity index (χ1v) is 10.5. The second-order valence-electron chi connectivity index (χ2n) is 7.51. The van der Waals surface area contributed by atoms with Gasteiger partial charge in [-0.1, -0.05) is 42.5 Å². The first kappa shape index (κ1) is 22.5. The zero-order valence-electron chi connectivity index (χ0n) is 18.2. The van der Waals surface area contributed by atoms with Gasteiger partial charge < -0.3 is 14.8 Å². The van der Waals surface area contributed by atoms with Crippen molar-refractivity contribution in [2.75, 3.05) is 11.6 Å². The third-order valence-electron chi connectivity index (χ3n) is 4.89. The Labute approximate surface area is 183 Å². The molecule has 0 bridgehead atoms. The fourth-order valence-corrected chi connectivity index (χ4v) is 3.30. The Balaban J connectivity index is 1.72. The minimum absolute atomic E-state index is 0.124. The maximum absolute atomic E-state index is 13.1. The summed E-state index contributed by atoms with van der Waals surface area (Å²) in [7, 11) is 0. The Bertz CT molecular complexity index is 927. The molecular weight excluding hydrogens is 394 g/mol. The standard InChI is InChI=1S/C24H29N3O4/c1-4-30-24(29)21-14-22(27(26-21)20-12-6-5-7-13-20)23(28)25-15-18-10-8-9-11-19(18)16-31-17(2)3/h5-13,17,22H,4,14-16H2,1-3H3,(H,25,28). The number of nitrogens with zero attached hydrogens (tertiary/aromatic N) is 2. The molecule has 2 aromatic carbocycles. The van der Waals surface area contributed by atoms with Gasteiger partial charge in [0.05, 0.1) is 25.0 Å². The SMILES string of the molecule is CCOC(=O)C1=NN(c2ccccc2)C(C(=O)NCc2ccccc2COC(C)C)C1. The molecule has 1 heterocycles. The summed E-state index contributed by atoms with van der Waals surface area (Å²) in [5.74, 6) is -0.693. The number of esters is 1. The van der Waals surface area contributed by atoms with Crippen LogP contribution in [0.1, 0.15) is 38.3 Å². The van der Waals surface area contributed by atoms with E-state index in [-0.39, 0.29) is 30.8 Å². The summed E-state index contributed by atoms with van der Waals surface area (Å²) in [5.41, 5.74) is 3.02. The van der Waals surface area contributed by atoms with Crippen molar-refractivity contribution >= 4 is 23.3 Å². The number of amides is 1. The number of rotatable bonds is 9. The second kappa shape index (κ2) is 10.7. The summed E-state index contributed by atoms with van der Waals surface area (Å²) in [6, 6.07) is 16.6. The number of hydrogen-bond acceptors (Lipinski definition) is 6. The van der Waals surface area contributed by atoms with E-state index in [1.54, 1.807) is 11.9 Å². The molecule has 7 heteroatoms. The van der Waals surface area contributed by atoms with Crippen LogP contribution in [0.25, 0.3) is 0 Å². The van der Waals surface area contributed by atoms with Crippen LogP contribution >= 0.6 is 0 Å². The average Bonchev–Trinajstić information content (AvgIpc) is 3.23. The molecule has 0 fully saturated rings. The lowest BCUT2D eigenvalue weighted by molar-refractivity contribution is -0.135. The summed E-state index contributed by atoms with van der Waals surface area (Å²) < 4.78 is 10.8. The summed E-state index contributed by atoms with van der Waals surface area (Å²) in [6.07, 6.45) is 0.316. The predicted molar refractivity (Wildman–Crippen MR) is 120 cm³/mol. The molecule has 0 aliphatic carbocycles. The first-order valence-electron chi connectivity index (χ1n) is 10.5. The minimum atomic E-state index is -0.624. The molecule has 3 rings (SSSR count). The molecule has 2 aromatic rings. The van der Waals surface area contributed by atoms with Gasteiger partial charge in [-0.15, -0.1) is 0 Å². The highest BCUT2D eigenvalue weighted by Gasteiger charge is 2.36. The predicted octanol–water partition coefficient (Wildman–Crippen LogP) is 3.43. The van der Waals surface area contributed by atoms with Crippen LogP contribution in [0.2, 0.25) is 0 Å². The number of para-hydroxylation sites is 1. The van der Waals surface area contributed by atoms with Crippen molar-refractivity contribution in [1.29, 1.82) is 0 Å². The van der Waals surface area contributed by atoms with E-state index < -0.39 is 12.0 Å². The monoisotopic (exact) mass is 423 g/mol. The van der Waals surface area contributed by atoms with E-state index in [2.05, 4.69) is 10.4 Å². The Morgan fingerprint density at radius 1 is 1.10 bits per heavy atom. The normalized spacial score (nSPS) is 15.7. The molecule has 1 aliphatic rings. The molecule has 164 valence electrons. The number of benzene rings is 2. The number of carbonyl (C=O) groups excluding carboxylic acids is 2. The van der Waals surface area contributed by atoms with Gasteiger partial charge in [-0.2, -0.15) is 5.10 Å². The number of hydrazone groups is 1. The van der Waals surface area contributed by atoms with Gasteiger partial charge >= 0.3 is 5.97 Å². The van der Waals surface area contributed by atoms with Crippen molar-refractivity contribution in [3.05, 3.63) is 65.7 Å². The Morgan fingerprint density at radius 2 is 1.77 bits per heavy atom. The zero-order chi connectivity index (χ0) is 22.2. The Kier molecular flexibility index (Phi) is 7.78. The van der Waals surface area contributed by atoms with Gasteiger partial charge in [0.25, 0.3) is 0 Å². The lowest BCUT2D eigenvalue weighted by Gasteiger charge is -2.23. The van der Waals surface area contributed by atoms with Gasteiger partial charge in [0.1, 0.15) is 11.8 Å². The van der Waals surface area contributed by atoms with Crippen LogP contribution in [0, 0.1) is 0 Å². The summed E-state index contributed by atoms with van der Waals surface area (Å²) in [4.78, 5) is 25.3. The quantitative estimate of drug-likeness (QED) is 0.625. The molecule has 7 nitrogen and oxygen atoms in total. The van der Waals surface area contributed by atoms with E-state index >= 15 is 0 Å². The largest absolute Gasteiger partial charge is 0.461 e. The smallest absolute Gasteiger partial charge is 0.354 e. The first-order chi connectivity index (χ1) is 15.0. The third-order valence-corrected chi connectivity index (χ3v) is 4.89. The van der Waals surface area contributed by atoms with Crippen LogP contribution in [-0.2, 0) is 32.2 Å². The Morgan fingerprint density at radius 3 is 2.45 bits per heavy atom. The molecule has 1 aliphatic heterocycles. The fourth-order valence-electron chi connectivity index (χ4n) is 3.30. The molecule has 0 radical (unpaired) electrons. The molecule has 1 atom stereocenters. The maximum Gasteiger partial charge on any atom is 0.354 e. The number of hydrogen-bond donors (Lipinski definition) is 1. The molecule has 1 amide bonds. The van der Waals surface area contributed by atoms with Gasteiger partial charge in [-0.25, -0.2) is 4.79 Å². The van der Waals surface area contributed by atoms with Crippen molar-refractivity contribution in [2.45, 2.75) is 52.5 Å². The van der Waals surface area contributed by atoms with Gasteiger partial charge in [0, 0.05) is 13.0 Å². The van der Waals surface area contributed by atoms with E-state index in [1.807, 2.05) is 68.4 Å². The summed E-state index contributed by atoms with van der Waals surface area (Å²) in [5, 5.41) is 8.99. The zero-order valence-corrected chi connectivity index (χ0v) is 18.2. The van der Waals surface area contributed by atoms with Crippen molar-refractivity contribution < 1.29 is 19.1 Å². The van der Waals surface area contributed by atoms with Gasteiger partial charge in [0.15, 0.2) is 0 Å². The molecule has 0 saturated carbocycles. The number of nitrogens with one attached hydrogen (secondary N) is 1. The highest BCUT2D eigenvalue weighted by molar-refractivity contribution is 6.38. The van der Waals surface area contributed by atoms with E-state index in [9.17, 15) is 9.59 Å². The van der Waals surface area contributed by atoms with Crippen LogP contribution < -0.4 is 10.3 Å². The molecule has 0 saturated heterocycles. The lowest BCUT2D eigenvalue weighted by atomic mass is 10.1. The molecular formula is C24H29N3O4. The number of carbonyl (C=O) groups is 2. The Hall–Kier alpha value is -3.19. The highest BCUT2D eigenvalue weighted by atomic mass is 16.5. The van der Waals surface area contributed by atoms with Crippen molar-refractivity contribution in [3.8, 4) is 0 Å². The number of ether oxygens (including phenoxy) is 2. The molecule has 1 unspecified atom stereocenters. The fraction of sp³-hybridized carbons (Fsp3) is 0.375. The summed E-state index contributed by atoms with van der Waals surface area (Å²) in [6.45, 7) is 6.83. The lowest BCUT2D eigenvalue weighted by Crippen LogP contribution is -2.42. The van der Waals surface area contributed by atoms with Crippen molar-refractivity contribution in [3.63, 3.8) is 0 Å². The van der Waals surface area contributed by atoms with Crippen molar-refractivity contribution in [2.24, 2.45) is 5.10 Å². The van der Waals surface area contributed by atoms with Gasteiger partial charge in [0.2, 0.25) is 5.91 Å².